The molecular weight excluding hydrogens is 310 g/mol. The Balaban J connectivity index is 2.32. The zero-order valence-corrected chi connectivity index (χ0v) is 14.2. The monoisotopic (exact) mass is 331 g/mol. The van der Waals surface area contributed by atoms with Crippen LogP contribution in [0.15, 0.2) is 30.3 Å². The summed E-state index contributed by atoms with van der Waals surface area (Å²) in [6.45, 7) is 5.03. The van der Waals surface area contributed by atoms with Crippen LogP contribution in [-0.2, 0) is 4.79 Å². The first-order chi connectivity index (χ1) is 11.3. The lowest BCUT2D eigenvalue weighted by Crippen LogP contribution is -2.40. The molecular formula is C17H21N3O4. The van der Waals surface area contributed by atoms with Gasteiger partial charge in [0.05, 0.1) is 12.8 Å². The third-order valence-electron chi connectivity index (χ3n) is 3.61. The summed E-state index contributed by atoms with van der Waals surface area (Å²) in [5, 5.41) is 13.3. The Morgan fingerprint density at radius 2 is 1.92 bits per heavy atom. The maximum Gasteiger partial charge on any atom is 0.323 e. The van der Waals surface area contributed by atoms with Gasteiger partial charge in [-0.3, -0.25) is 9.59 Å². The Morgan fingerprint density at radius 1 is 1.29 bits per heavy atom. The van der Waals surface area contributed by atoms with Gasteiger partial charge in [0.1, 0.15) is 12.3 Å². The number of benzene rings is 1. The van der Waals surface area contributed by atoms with E-state index in [1.54, 1.807) is 31.7 Å². The molecule has 7 nitrogen and oxygen atoms in total. The van der Waals surface area contributed by atoms with Gasteiger partial charge in [0.15, 0.2) is 5.69 Å². The largest absolute Gasteiger partial charge is 0.497 e. The van der Waals surface area contributed by atoms with Crippen LogP contribution in [0, 0.1) is 6.92 Å². The molecule has 1 N–H and O–H groups in total. The van der Waals surface area contributed by atoms with Gasteiger partial charge in [0.2, 0.25) is 0 Å². The number of nitrogens with zero attached hydrogens (tertiary/aromatic N) is 3. The smallest absolute Gasteiger partial charge is 0.323 e. The molecule has 2 rings (SSSR count). The predicted molar refractivity (Wildman–Crippen MR) is 88.7 cm³/mol. The number of aromatic nitrogens is 2. The Kier molecular flexibility index (Phi) is 5.23. The third-order valence-corrected chi connectivity index (χ3v) is 3.61. The minimum atomic E-state index is -1.05. The topological polar surface area (TPSA) is 84.7 Å². The number of aliphatic carboxylic acids is 1. The highest BCUT2D eigenvalue weighted by Crippen LogP contribution is 2.18. The van der Waals surface area contributed by atoms with Crippen molar-refractivity contribution in [2.45, 2.75) is 26.8 Å². The maximum atomic E-state index is 12.6. The zero-order valence-electron chi connectivity index (χ0n) is 14.2. The van der Waals surface area contributed by atoms with E-state index in [0.29, 0.717) is 0 Å². The molecule has 0 atom stereocenters. The van der Waals surface area contributed by atoms with Gasteiger partial charge in [-0.15, -0.1) is 0 Å². The number of aryl methyl sites for hydroxylation is 1. The number of carboxylic acid groups (broad SMARTS) is 1. The van der Waals surface area contributed by atoms with Gasteiger partial charge in [0, 0.05) is 11.7 Å². The number of amides is 1. The fourth-order valence-electron chi connectivity index (χ4n) is 2.35. The molecule has 7 heteroatoms. The van der Waals surface area contributed by atoms with Gasteiger partial charge in [-0.2, -0.15) is 5.10 Å². The Bertz CT molecular complexity index is 735. The molecule has 1 amide bonds. The van der Waals surface area contributed by atoms with E-state index in [-0.39, 0.29) is 18.3 Å². The summed E-state index contributed by atoms with van der Waals surface area (Å²) in [6, 6.07) is 8.71. The Hall–Kier alpha value is -2.83. The number of carbonyl (C=O) groups excluding carboxylic acids is 1. The highest BCUT2D eigenvalue weighted by molar-refractivity contribution is 5.94. The zero-order chi connectivity index (χ0) is 17.9. The van der Waals surface area contributed by atoms with Gasteiger partial charge in [0.25, 0.3) is 5.91 Å². The fraction of sp³-hybridized carbons (Fsp3) is 0.353. The van der Waals surface area contributed by atoms with E-state index in [1.165, 1.54) is 4.90 Å². The van der Waals surface area contributed by atoms with E-state index in [9.17, 15) is 9.59 Å². The Morgan fingerprint density at radius 3 is 2.42 bits per heavy atom. The van der Waals surface area contributed by atoms with E-state index >= 15 is 0 Å². The summed E-state index contributed by atoms with van der Waals surface area (Å²) in [5.74, 6) is -0.724. The summed E-state index contributed by atoms with van der Waals surface area (Å²) in [5.41, 5.74) is 1.79. The van der Waals surface area contributed by atoms with Crippen molar-refractivity contribution >= 4 is 11.9 Å². The summed E-state index contributed by atoms with van der Waals surface area (Å²) in [7, 11) is 1.59. The van der Waals surface area contributed by atoms with Crippen LogP contribution in [0.4, 0.5) is 0 Å². The standard InChI is InChI=1S/C17H21N3O4/c1-11(2)19(10-16(21)22)17(23)15-9-12(3)20(18-15)13-5-7-14(24-4)8-6-13/h5-9,11H,10H2,1-4H3,(H,21,22). The third kappa shape index (κ3) is 3.73. The van der Waals surface area contributed by atoms with Crippen molar-refractivity contribution < 1.29 is 19.4 Å². The number of carbonyl (C=O) groups is 2. The van der Waals surface area contributed by atoms with E-state index in [0.717, 1.165) is 17.1 Å². The molecule has 24 heavy (non-hydrogen) atoms. The van der Waals surface area contributed by atoms with Crippen LogP contribution in [0.25, 0.3) is 5.69 Å². The molecule has 0 unspecified atom stereocenters. The molecule has 0 spiro atoms. The van der Waals surface area contributed by atoms with Gasteiger partial charge in [-0.1, -0.05) is 0 Å². The molecule has 0 aliphatic rings. The van der Waals surface area contributed by atoms with E-state index in [1.807, 2.05) is 31.2 Å². The van der Waals surface area contributed by atoms with Crippen LogP contribution in [0.3, 0.4) is 0 Å². The second-order valence-corrected chi connectivity index (χ2v) is 5.70. The quantitative estimate of drug-likeness (QED) is 0.876. The summed E-state index contributed by atoms with van der Waals surface area (Å²) < 4.78 is 6.77. The van der Waals surface area contributed by atoms with Gasteiger partial charge in [-0.05, 0) is 51.1 Å². The van der Waals surface area contributed by atoms with Crippen LogP contribution in [0.5, 0.6) is 5.75 Å². The summed E-state index contributed by atoms with van der Waals surface area (Å²) in [6.07, 6.45) is 0. The molecule has 1 heterocycles. The van der Waals surface area contributed by atoms with E-state index in [2.05, 4.69) is 5.10 Å². The Labute approximate surface area is 140 Å². The van der Waals surface area contributed by atoms with Crippen molar-refractivity contribution in [3.8, 4) is 11.4 Å². The van der Waals surface area contributed by atoms with Gasteiger partial charge >= 0.3 is 5.97 Å². The van der Waals surface area contributed by atoms with Crippen molar-refractivity contribution in [3.63, 3.8) is 0 Å². The molecule has 1 aromatic heterocycles. The van der Waals surface area contributed by atoms with Crippen molar-refractivity contribution in [2.75, 3.05) is 13.7 Å². The summed E-state index contributed by atoms with van der Waals surface area (Å²) >= 11 is 0. The predicted octanol–water partition coefficient (Wildman–Crippen LogP) is 2.12. The van der Waals surface area contributed by atoms with E-state index in [4.69, 9.17) is 9.84 Å². The second-order valence-electron chi connectivity index (χ2n) is 5.70. The molecule has 0 radical (unpaired) electrons. The number of ether oxygens (including phenoxy) is 1. The normalized spacial score (nSPS) is 10.7. The average Bonchev–Trinajstić information content (AvgIpc) is 2.93. The van der Waals surface area contributed by atoms with Crippen molar-refractivity contribution in [1.29, 1.82) is 0 Å². The first-order valence-electron chi connectivity index (χ1n) is 7.57. The maximum absolute atomic E-state index is 12.6. The number of carboxylic acids is 1. The van der Waals surface area contributed by atoms with Crippen molar-refractivity contribution in [1.82, 2.24) is 14.7 Å². The fourth-order valence-corrected chi connectivity index (χ4v) is 2.35. The van der Waals surface area contributed by atoms with Crippen molar-refractivity contribution in [3.05, 3.63) is 41.7 Å². The molecule has 0 fully saturated rings. The molecule has 0 bridgehead atoms. The second kappa shape index (κ2) is 7.16. The molecule has 128 valence electrons. The molecule has 0 saturated heterocycles. The van der Waals surface area contributed by atoms with Crippen LogP contribution < -0.4 is 4.74 Å². The van der Waals surface area contributed by atoms with Crippen LogP contribution in [0.1, 0.15) is 30.0 Å². The molecule has 0 aliphatic carbocycles. The van der Waals surface area contributed by atoms with Gasteiger partial charge < -0.3 is 14.7 Å². The SMILES string of the molecule is COc1ccc(-n2nc(C(=O)N(CC(=O)O)C(C)C)cc2C)cc1. The van der Waals surface area contributed by atoms with E-state index < -0.39 is 11.9 Å². The lowest BCUT2D eigenvalue weighted by molar-refractivity contribution is -0.138. The molecule has 0 aliphatic heterocycles. The first kappa shape index (κ1) is 17.5. The highest BCUT2D eigenvalue weighted by atomic mass is 16.5. The van der Waals surface area contributed by atoms with Gasteiger partial charge in [-0.25, -0.2) is 4.68 Å². The number of methoxy groups -OCH3 is 1. The highest BCUT2D eigenvalue weighted by Gasteiger charge is 2.24. The number of rotatable bonds is 6. The molecule has 0 saturated carbocycles. The van der Waals surface area contributed by atoms with Crippen molar-refractivity contribution in [2.24, 2.45) is 0 Å². The number of hydrogen-bond donors (Lipinski definition) is 1. The lowest BCUT2D eigenvalue weighted by atomic mass is 10.2. The minimum Gasteiger partial charge on any atom is -0.497 e. The summed E-state index contributed by atoms with van der Waals surface area (Å²) in [4.78, 5) is 24.8. The lowest BCUT2D eigenvalue weighted by Gasteiger charge is -2.23. The molecule has 2 aromatic rings. The van der Waals surface area contributed by atoms with Crippen LogP contribution in [-0.4, -0.2) is 51.4 Å². The van der Waals surface area contributed by atoms with Crippen LogP contribution >= 0.6 is 0 Å². The number of hydrogen-bond acceptors (Lipinski definition) is 4. The average molecular weight is 331 g/mol. The first-order valence-corrected chi connectivity index (χ1v) is 7.57. The molecule has 1 aromatic carbocycles. The van der Waals surface area contributed by atoms with Crippen LogP contribution in [0.2, 0.25) is 0 Å². The minimum absolute atomic E-state index is 0.221.